The normalized spacial score (nSPS) is 18.2. The van der Waals surface area contributed by atoms with Crippen LogP contribution in [-0.2, 0) is 19.0 Å². The van der Waals surface area contributed by atoms with Gasteiger partial charge in [-0.3, -0.25) is 9.69 Å². The molecule has 0 bridgehead atoms. The Labute approximate surface area is 103 Å². The molecule has 1 rings (SSSR count). The lowest BCUT2D eigenvalue weighted by Crippen LogP contribution is -2.38. The Morgan fingerprint density at radius 3 is 2.47 bits per heavy atom. The Morgan fingerprint density at radius 2 is 1.82 bits per heavy atom. The number of carbonyl (C=O) groups excluding carboxylic acids is 1. The quantitative estimate of drug-likeness (QED) is 0.465. The summed E-state index contributed by atoms with van der Waals surface area (Å²) in [6, 6.07) is -0.128. The van der Waals surface area contributed by atoms with E-state index in [0.29, 0.717) is 26.4 Å². The van der Waals surface area contributed by atoms with Gasteiger partial charge in [0.25, 0.3) is 0 Å². The molecule has 1 unspecified atom stereocenters. The number of rotatable bonds is 8. The van der Waals surface area contributed by atoms with Crippen molar-refractivity contribution in [1.29, 1.82) is 0 Å². The van der Waals surface area contributed by atoms with Gasteiger partial charge in [0.15, 0.2) is 0 Å². The van der Waals surface area contributed by atoms with Crippen LogP contribution in [0.15, 0.2) is 0 Å². The summed E-state index contributed by atoms with van der Waals surface area (Å²) < 4.78 is 15.2. The minimum Gasteiger partial charge on any atom is -0.462 e. The van der Waals surface area contributed by atoms with Gasteiger partial charge in [0.1, 0.15) is 12.6 Å². The summed E-state index contributed by atoms with van der Waals surface area (Å²) in [5.74, 6) is -0.151. The summed E-state index contributed by atoms with van der Waals surface area (Å²) in [6.45, 7) is 5.76. The molecule has 0 aromatic heterocycles. The van der Waals surface area contributed by atoms with E-state index in [0.717, 1.165) is 13.1 Å². The second-order valence-corrected chi connectivity index (χ2v) is 4.19. The molecule has 1 aliphatic heterocycles. The molecule has 0 aromatic carbocycles. The molecule has 0 amide bonds. The van der Waals surface area contributed by atoms with Gasteiger partial charge in [-0.1, -0.05) is 0 Å². The zero-order valence-corrected chi connectivity index (χ0v) is 10.8. The molecule has 1 heterocycles. The van der Waals surface area contributed by atoms with Gasteiger partial charge in [-0.2, -0.15) is 0 Å². The molecule has 0 spiro atoms. The van der Waals surface area contributed by atoms with Crippen LogP contribution in [0.1, 0.15) is 19.8 Å². The Bertz CT molecular complexity index is 217. The molecule has 5 heteroatoms. The molecule has 0 N–H and O–H groups in total. The van der Waals surface area contributed by atoms with E-state index >= 15 is 0 Å². The Morgan fingerprint density at radius 1 is 1.18 bits per heavy atom. The average molecular weight is 245 g/mol. The SMILES string of the molecule is COCCOCCOC(=O)C(C)N1CCCC1. The number of likely N-dealkylation sites (tertiary alicyclic amines) is 1. The number of esters is 1. The Hall–Kier alpha value is -0.650. The van der Waals surface area contributed by atoms with Gasteiger partial charge < -0.3 is 14.2 Å². The molecule has 1 atom stereocenters. The monoisotopic (exact) mass is 245 g/mol. The molecule has 5 nitrogen and oxygen atoms in total. The van der Waals surface area contributed by atoms with Crippen molar-refractivity contribution in [2.24, 2.45) is 0 Å². The number of nitrogens with zero attached hydrogens (tertiary/aromatic N) is 1. The third-order valence-corrected chi connectivity index (χ3v) is 2.93. The third kappa shape index (κ3) is 5.48. The Balaban J connectivity index is 2.03. The van der Waals surface area contributed by atoms with Gasteiger partial charge in [0, 0.05) is 7.11 Å². The first-order valence-electron chi connectivity index (χ1n) is 6.23. The zero-order chi connectivity index (χ0) is 12.5. The minimum absolute atomic E-state index is 0.128. The van der Waals surface area contributed by atoms with Crippen molar-refractivity contribution in [2.45, 2.75) is 25.8 Å². The maximum atomic E-state index is 11.7. The van der Waals surface area contributed by atoms with Crippen LogP contribution in [0, 0.1) is 0 Å². The fourth-order valence-corrected chi connectivity index (χ4v) is 1.84. The van der Waals surface area contributed by atoms with E-state index < -0.39 is 0 Å². The highest BCUT2D eigenvalue weighted by atomic mass is 16.6. The van der Waals surface area contributed by atoms with E-state index in [1.807, 2.05) is 6.92 Å². The van der Waals surface area contributed by atoms with Gasteiger partial charge in [-0.25, -0.2) is 0 Å². The molecule has 0 aromatic rings. The molecule has 0 radical (unpaired) electrons. The summed E-state index contributed by atoms with van der Waals surface area (Å²) in [5.41, 5.74) is 0. The predicted octanol–water partition coefficient (Wildman–Crippen LogP) is 0.677. The largest absolute Gasteiger partial charge is 0.462 e. The van der Waals surface area contributed by atoms with Gasteiger partial charge >= 0.3 is 5.97 Å². The molecule has 100 valence electrons. The fourth-order valence-electron chi connectivity index (χ4n) is 1.84. The molecule has 1 aliphatic rings. The van der Waals surface area contributed by atoms with E-state index in [9.17, 15) is 4.79 Å². The topological polar surface area (TPSA) is 48.0 Å². The number of methoxy groups -OCH3 is 1. The summed E-state index contributed by atoms with van der Waals surface area (Å²) in [4.78, 5) is 13.8. The van der Waals surface area contributed by atoms with E-state index in [1.54, 1.807) is 7.11 Å². The highest BCUT2D eigenvalue weighted by Crippen LogP contribution is 2.12. The molecular formula is C12H23NO4. The molecular weight excluding hydrogens is 222 g/mol. The van der Waals surface area contributed by atoms with Crippen LogP contribution in [-0.4, -0.2) is 63.5 Å². The van der Waals surface area contributed by atoms with Gasteiger partial charge in [0.05, 0.1) is 19.8 Å². The summed E-state index contributed by atoms with van der Waals surface area (Å²) in [7, 11) is 1.63. The second-order valence-electron chi connectivity index (χ2n) is 4.19. The van der Waals surface area contributed by atoms with Gasteiger partial charge in [-0.05, 0) is 32.9 Å². The lowest BCUT2D eigenvalue weighted by molar-refractivity contribution is -0.150. The second kappa shape index (κ2) is 8.44. The summed E-state index contributed by atoms with van der Waals surface area (Å²) in [5, 5.41) is 0. The van der Waals surface area contributed by atoms with Gasteiger partial charge in [-0.15, -0.1) is 0 Å². The maximum absolute atomic E-state index is 11.7. The minimum atomic E-state index is -0.151. The zero-order valence-electron chi connectivity index (χ0n) is 10.8. The lowest BCUT2D eigenvalue weighted by Gasteiger charge is -2.21. The smallest absolute Gasteiger partial charge is 0.323 e. The van der Waals surface area contributed by atoms with Crippen molar-refractivity contribution in [3.8, 4) is 0 Å². The third-order valence-electron chi connectivity index (χ3n) is 2.93. The number of hydrogen-bond donors (Lipinski definition) is 0. The van der Waals surface area contributed by atoms with Crippen LogP contribution >= 0.6 is 0 Å². The fraction of sp³-hybridized carbons (Fsp3) is 0.917. The highest BCUT2D eigenvalue weighted by molar-refractivity contribution is 5.75. The van der Waals surface area contributed by atoms with Crippen molar-refractivity contribution < 1.29 is 19.0 Å². The molecule has 0 saturated carbocycles. The first kappa shape index (κ1) is 14.4. The molecule has 17 heavy (non-hydrogen) atoms. The molecule has 0 aliphatic carbocycles. The van der Waals surface area contributed by atoms with Gasteiger partial charge in [0.2, 0.25) is 0 Å². The van der Waals surface area contributed by atoms with E-state index in [2.05, 4.69) is 4.90 Å². The van der Waals surface area contributed by atoms with Crippen LogP contribution in [0.25, 0.3) is 0 Å². The lowest BCUT2D eigenvalue weighted by atomic mass is 10.3. The highest BCUT2D eigenvalue weighted by Gasteiger charge is 2.24. The number of carbonyl (C=O) groups is 1. The average Bonchev–Trinajstić information content (AvgIpc) is 2.86. The van der Waals surface area contributed by atoms with E-state index in [-0.39, 0.29) is 12.0 Å². The van der Waals surface area contributed by atoms with Crippen LogP contribution < -0.4 is 0 Å². The van der Waals surface area contributed by atoms with Crippen LogP contribution in [0.4, 0.5) is 0 Å². The first-order chi connectivity index (χ1) is 8.25. The maximum Gasteiger partial charge on any atom is 0.323 e. The summed E-state index contributed by atoms with van der Waals surface area (Å²) >= 11 is 0. The Kier molecular flexibility index (Phi) is 7.16. The van der Waals surface area contributed by atoms with Crippen LogP contribution in [0.3, 0.4) is 0 Å². The number of hydrogen-bond acceptors (Lipinski definition) is 5. The number of ether oxygens (including phenoxy) is 3. The van der Waals surface area contributed by atoms with E-state index in [1.165, 1.54) is 12.8 Å². The van der Waals surface area contributed by atoms with Crippen LogP contribution in [0.2, 0.25) is 0 Å². The predicted molar refractivity (Wildman–Crippen MR) is 63.9 cm³/mol. The van der Waals surface area contributed by atoms with Crippen molar-refractivity contribution in [3.63, 3.8) is 0 Å². The van der Waals surface area contributed by atoms with Crippen molar-refractivity contribution in [1.82, 2.24) is 4.90 Å². The molecule has 1 fully saturated rings. The van der Waals surface area contributed by atoms with Crippen LogP contribution in [0.5, 0.6) is 0 Å². The molecule has 1 saturated heterocycles. The summed E-state index contributed by atoms with van der Waals surface area (Å²) in [6.07, 6.45) is 2.36. The first-order valence-corrected chi connectivity index (χ1v) is 6.23. The van der Waals surface area contributed by atoms with Crippen molar-refractivity contribution in [2.75, 3.05) is 46.6 Å². The van der Waals surface area contributed by atoms with Crippen molar-refractivity contribution in [3.05, 3.63) is 0 Å². The van der Waals surface area contributed by atoms with E-state index in [4.69, 9.17) is 14.2 Å². The standard InChI is InChI=1S/C12H23NO4/c1-11(13-5-3-4-6-13)12(14)17-10-9-16-8-7-15-2/h11H,3-10H2,1-2H3. The van der Waals surface area contributed by atoms with Crippen molar-refractivity contribution >= 4 is 5.97 Å².